The molecule has 140 valence electrons. The van der Waals surface area contributed by atoms with Gasteiger partial charge in [-0.05, 0) is 25.0 Å². The van der Waals surface area contributed by atoms with Crippen LogP contribution >= 0.6 is 24.2 Å². The summed E-state index contributed by atoms with van der Waals surface area (Å²) in [5.74, 6) is 0.846. The van der Waals surface area contributed by atoms with Gasteiger partial charge in [-0.1, -0.05) is 24.9 Å². The molecule has 0 spiro atoms. The van der Waals surface area contributed by atoms with Crippen LogP contribution in [0.1, 0.15) is 48.3 Å². The van der Waals surface area contributed by atoms with Crippen molar-refractivity contribution in [3.8, 4) is 11.5 Å². The van der Waals surface area contributed by atoms with Crippen LogP contribution in [0.15, 0.2) is 17.2 Å². The Morgan fingerprint density at radius 3 is 2.77 bits per heavy atom. The lowest BCUT2D eigenvalue weighted by Gasteiger charge is -2.11. The average Bonchev–Trinajstić information content (AvgIpc) is 3.17. The molecule has 0 bridgehead atoms. The van der Waals surface area contributed by atoms with E-state index in [4.69, 9.17) is 25.8 Å². The molecule has 2 heterocycles. The normalized spacial score (nSPS) is 12.5. The van der Waals surface area contributed by atoms with Crippen molar-refractivity contribution in [1.82, 2.24) is 9.78 Å². The summed E-state index contributed by atoms with van der Waals surface area (Å²) >= 11 is 10.8. The van der Waals surface area contributed by atoms with Gasteiger partial charge >= 0.3 is 5.97 Å². The van der Waals surface area contributed by atoms with E-state index in [1.165, 1.54) is 0 Å². The zero-order chi connectivity index (χ0) is 18.7. The van der Waals surface area contributed by atoms with Crippen molar-refractivity contribution in [2.24, 2.45) is 0 Å². The molecule has 2 aromatic rings. The molecule has 1 aliphatic heterocycles. The number of carbonyl (C=O) groups excluding carboxylic acids is 1. The molecule has 6 nitrogen and oxygen atoms in total. The number of halogens is 1. The van der Waals surface area contributed by atoms with Crippen molar-refractivity contribution >= 4 is 30.2 Å². The number of rotatable bonds is 7. The third-order valence-electron chi connectivity index (χ3n) is 4.14. The summed E-state index contributed by atoms with van der Waals surface area (Å²) in [6.45, 7) is 5.04. The van der Waals surface area contributed by atoms with Gasteiger partial charge in [0.15, 0.2) is 11.5 Å². The third-order valence-corrected chi connectivity index (χ3v) is 4.81. The van der Waals surface area contributed by atoms with E-state index in [2.05, 4.69) is 24.7 Å². The van der Waals surface area contributed by atoms with Crippen molar-refractivity contribution in [3.63, 3.8) is 0 Å². The van der Waals surface area contributed by atoms with Gasteiger partial charge in [0.2, 0.25) is 6.79 Å². The topological polar surface area (TPSA) is 62.6 Å². The van der Waals surface area contributed by atoms with Crippen LogP contribution in [-0.2, 0) is 17.7 Å². The molecule has 0 aliphatic carbocycles. The second kappa shape index (κ2) is 8.22. The third kappa shape index (κ3) is 3.78. The lowest BCUT2D eigenvalue weighted by molar-refractivity contribution is 0.0521. The minimum absolute atomic E-state index is 0.179. The van der Waals surface area contributed by atoms with E-state index in [9.17, 15) is 4.79 Å². The number of thiol groups is 1. The van der Waals surface area contributed by atoms with E-state index in [-0.39, 0.29) is 13.4 Å². The molecule has 0 amide bonds. The molecular formula is C18H21ClN2O4S. The van der Waals surface area contributed by atoms with Crippen molar-refractivity contribution in [2.45, 2.75) is 44.7 Å². The zero-order valence-electron chi connectivity index (χ0n) is 14.7. The monoisotopic (exact) mass is 396 g/mol. The Labute approximate surface area is 162 Å². The van der Waals surface area contributed by atoms with Crippen LogP contribution in [0.4, 0.5) is 0 Å². The lowest BCUT2D eigenvalue weighted by atomic mass is 10.1. The smallest absolute Gasteiger partial charge is 0.342 e. The maximum atomic E-state index is 12.4. The van der Waals surface area contributed by atoms with Gasteiger partial charge in [0.1, 0.15) is 10.6 Å². The maximum Gasteiger partial charge on any atom is 0.342 e. The van der Waals surface area contributed by atoms with Crippen molar-refractivity contribution < 1.29 is 19.0 Å². The van der Waals surface area contributed by atoms with Crippen molar-refractivity contribution in [1.29, 1.82) is 0 Å². The predicted molar refractivity (Wildman–Crippen MR) is 101 cm³/mol. The molecule has 0 saturated heterocycles. The minimum Gasteiger partial charge on any atom is -0.462 e. The molecule has 0 atom stereocenters. The molecule has 0 N–H and O–H groups in total. The van der Waals surface area contributed by atoms with E-state index < -0.39 is 5.97 Å². The van der Waals surface area contributed by atoms with Gasteiger partial charge in [-0.25, -0.2) is 4.79 Å². The minimum atomic E-state index is -0.424. The van der Waals surface area contributed by atoms with Gasteiger partial charge in [-0.15, -0.1) is 12.6 Å². The summed E-state index contributed by atoms with van der Waals surface area (Å²) in [6, 6.07) is 3.58. The molecule has 1 aromatic carbocycles. The molecule has 1 aromatic heterocycles. The predicted octanol–water partition coefficient (Wildman–Crippen LogP) is 4.12. The Morgan fingerprint density at radius 1 is 1.35 bits per heavy atom. The molecule has 0 fully saturated rings. The Bertz CT molecular complexity index is 822. The van der Waals surface area contributed by atoms with Gasteiger partial charge in [-0.2, -0.15) is 5.10 Å². The second-order valence-corrected chi connectivity index (χ2v) is 6.75. The number of hydrogen-bond acceptors (Lipinski definition) is 6. The summed E-state index contributed by atoms with van der Waals surface area (Å²) in [6.07, 6.45) is 2.38. The number of aromatic nitrogens is 2. The molecule has 0 unspecified atom stereocenters. The highest BCUT2D eigenvalue weighted by atomic mass is 35.5. The van der Waals surface area contributed by atoms with E-state index in [1.54, 1.807) is 13.0 Å². The molecule has 8 heteroatoms. The Kier molecular flexibility index (Phi) is 5.98. The summed E-state index contributed by atoms with van der Waals surface area (Å²) in [4.78, 5) is 12.4. The van der Waals surface area contributed by atoms with Gasteiger partial charge in [0.25, 0.3) is 0 Å². The number of benzene rings is 1. The number of aryl methyl sites for hydroxylation is 1. The molecular weight excluding hydrogens is 376 g/mol. The number of ether oxygens (including phenoxy) is 3. The summed E-state index contributed by atoms with van der Waals surface area (Å²) in [5, 5.41) is 5.35. The molecule has 1 aliphatic rings. The van der Waals surface area contributed by atoms with Crippen LogP contribution in [0.5, 0.6) is 11.5 Å². The number of fused-ring (bicyclic) bond motifs is 1. The molecule has 3 rings (SSSR count). The number of hydrogen-bond donors (Lipinski definition) is 1. The van der Waals surface area contributed by atoms with Crippen LogP contribution in [0, 0.1) is 0 Å². The largest absolute Gasteiger partial charge is 0.462 e. The lowest BCUT2D eigenvalue weighted by Crippen LogP contribution is -2.12. The second-order valence-electron chi connectivity index (χ2n) is 5.92. The molecule has 26 heavy (non-hydrogen) atoms. The highest BCUT2D eigenvalue weighted by Gasteiger charge is 2.25. The Morgan fingerprint density at radius 2 is 2.08 bits per heavy atom. The van der Waals surface area contributed by atoms with Crippen molar-refractivity contribution in [2.75, 3.05) is 13.4 Å². The quantitative estimate of drug-likeness (QED) is 0.563. The summed E-state index contributed by atoms with van der Waals surface area (Å²) in [7, 11) is 0. The number of unbranched alkanes of at least 4 members (excludes halogenated alkanes) is 1. The summed E-state index contributed by atoms with van der Waals surface area (Å²) in [5.41, 5.74) is 1.95. The van der Waals surface area contributed by atoms with E-state index in [1.807, 2.05) is 10.7 Å². The zero-order valence-corrected chi connectivity index (χ0v) is 16.4. The number of carbonyl (C=O) groups is 1. The highest BCUT2D eigenvalue weighted by molar-refractivity contribution is 7.80. The average molecular weight is 397 g/mol. The molecule has 0 radical (unpaired) electrons. The first kappa shape index (κ1) is 18.9. The van der Waals surface area contributed by atoms with Gasteiger partial charge < -0.3 is 14.2 Å². The van der Waals surface area contributed by atoms with Crippen LogP contribution < -0.4 is 9.47 Å². The van der Waals surface area contributed by atoms with Crippen LogP contribution in [0.2, 0.25) is 5.02 Å². The molecule has 0 saturated carbocycles. The Hall–Kier alpha value is -1.86. The highest BCUT2D eigenvalue weighted by Crippen LogP contribution is 2.38. The maximum absolute atomic E-state index is 12.4. The van der Waals surface area contributed by atoms with Gasteiger partial charge in [0.05, 0.1) is 12.3 Å². The van der Waals surface area contributed by atoms with E-state index >= 15 is 0 Å². The standard InChI is InChI=1S/C18H21ClN2O4S/c1-3-5-6-21-13(16(17(26)20-21)18(22)23-4-2)7-11-8-14-15(9-12(11)19)25-10-24-14/h8-9H,3-7,10H2,1-2H3,(H,20,26). The first-order valence-corrected chi connectivity index (χ1v) is 9.41. The SMILES string of the molecule is CCCCn1nc(S)c(C(=O)OCC)c1Cc1cc2c(cc1Cl)OCO2. The van der Waals surface area contributed by atoms with Crippen molar-refractivity contribution in [3.05, 3.63) is 34.0 Å². The summed E-state index contributed by atoms with van der Waals surface area (Å²) < 4.78 is 17.8. The van der Waals surface area contributed by atoms with Gasteiger partial charge in [0, 0.05) is 24.1 Å². The van der Waals surface area contributed by atoms with Gasteiger partial charge in [-0.3, -0.25) is 4.68 Å². The van der Waals surface area contributed by atoms with Crippen LogP contribution in [-0.4, -0.2) is 29.1 Å². The van der Waals surface area contributed by atoms with Crippen LogP contribution in [0.3, 0.4) is 0 Å². The van der Waals surface area contributed by atoms with E-state index in [0.29, 0.717) is 40.1 Å². The van der Waals surface area contributed by atoms with Crippen LogP contribution in [0.25, 0.3) is 0 Å². The fraction of sp³-hybridized carbons (Fsp3) is 0.444. The number of nitrogens with zero attached hydrogens (tertiary/aromatic N) is 2. The fourth-order valence-corrected chi connectivity index (χ4v) is 3.39. The first-order valence-electron chi connectivity index (χ1n) is 8.58. The fourth-order valence-electron chi connectivity index (χ4n) is 2.84. The van der Waals surface area contributed by atoms with E-state index in [0.717, 1.165) is 24.1 Å². The Balaban J connectivity index is 2.00. The number of esters is 1. The first-order chi connectivity index (χ1) is 12.5.